The molecular formula is C20H24O4S. The number of ketones is 2. The summed E-state index contributed by atoms with van der Waals surface area (Å²) in [5.74, 6) is -0.427. The average molecular weight is 360 g/mol. The van der Waals surface area contributed by atoms with E-state index >= 15 is 0 Å². The lowest BCUT2D eigenvalue weighted by Crippen LogP contribution is -2.22. The summed E-state index contributed by atoms with van der Waals surface area (Å²) in [6.45, 7) is 5.90. The lowest BCUT2D eigenvalue weighted by molar-refractivity contribution is -0.123. The Labute approximate surface area is 149 Å². The van der Waals surface area contributed by atoms with Crippen LogP contribution in [0.1, 0.15) is 47.4 Å². The first-order valence-electron chi connectivity index (χ1n) is 8.74. The number of sulfone groups is 1. The van der Waals surface area contributed by atoms with Gasteiger partial charge in [0.25, 0.3) is 0 Å². The number of rotatable bonds is 2. The summed E-state index contributed by atoms with van der Waals surface area (Å²) in [4.78, 5) is 25.5. The van der Waals surface area contributed by atoms with Crippen molar-refractivity contribution in [3.8, 4) is 0 Å². The highest BCUT2D eigenvalue weighted by molar-refractivity contribution is 7.91. The molecule has 3 rings (SSSR count). The van der Waals surface area contributed by atoms with Crippen LogP contribution in [0.2, 0.25) is 0 Å². The van der Waals surface area contributed by atoms with Crippen LogP contribution in [0.5, 0.6) is 0 Å². The van der Waals surface area contributed by atoms with Gasteiger partial charge in [0.05, 0.1) is 11.5 Å². The number of Topliss-reactive ketones (excluding diaryl/α,β-unsaturated/α-hetero) is 2. The normalized spacial score (nSPS) is 25.7. The molecule has 134 valence electrons. The van der Waals surface area contributed by atoms with Gasteiger partial charge in [0, 0.05) is 6.42 Å². The third-order valence-electron chi connectivity index (χ3n) is 5.33. The summed E-state index contributed by atoms with van der Waals surface area (Å²) in [5, 5.41) is 0. The monoisotopic (exact) mass is 360 g/mol. The molecule has 1 atom stereocenters. The van der Waals surface area contributed by atoms with E-state index in [4.69, 9.17) is 0 Å². The largest absolute Gasteiger partial charge is 0.298 e. The lowest BCUT2D eigenvalue weighted by Gasteiger charge is -2.19. The number of hydrogen-bond acceptors (Lipinski definition) is 4. The molecule has 4 nitrogen and oxygen atoms in total. The Morgan fingerprint density at radius 2 is 1.56 bits per heavy atom. The maximum Gasteiger partial charge on any atom is 0.173 e. The molecule has 0 bridgehead atoms. The van der Waals surface area contributed by atoms with Crippen molar-refractivity contribution < 1.29 is 18.0 Å². The van der Waals surface area contributed by atoms with Crippen molar-refractivity contribution in [2.24, 2.45) is 5.92 Å². The van der Waals surface area contributed by atoms with Crippen LogP contribution >= 0.6 is 0 Å². The van der Waals surface area contributed by atoms with Crippen molar-refractivity contribution in [2.75, 3.05) is 11.5 Å². The Morgan fingerprint density at radius 1 is 1.00 bits per heavy atom. The van der Waals surface area contributed by atoms with E-state index in [1.807, 2.05) is 39.0 Å². The zero-order chi connectivity index (χ0) is 18.4. The van der Waals surface area contributed by atoms with Crippen molar-refractivity contribution in [3.05, 3.63) is 46.0 Å². The van der Waals surface area contributed by atoms with Gasteiger partial charge < -0.3 is 0 Å². The van der Waals surface area contributed by atoms with E-state index in [-0.39, 0.29) is 35.4 Å². The minimum absolute atomic E-state index is 0.0465. The molecule has 0 aromatic heterocycles. The van der Waals surface area contributed by atoms with E-state index in [2.05, 4.69) is 0 Å². The van der Waals surface area contributed by atoms with Gasteiger partial charge in [-0.15, -0.1) is 0 Å². The summed E-state index contributed by atoms with van der Waals surface area (Å²) in [6, 6.07) is 4.02. The molecule has 1 aliphatic carbocycles. The lowest BCUT2D eigenvalue weighted by atomic mass is 9.87. The molecule has 1 aromatic carbocycles. The molecule has 1 aromatic rings. The first-order valence-corrected chi connectivity index (χ1v) is 10.6. The molecule has 0 amide bonds. The van der Waals surface area contributed by atoms with Gasteiger partial charge in [-0.05, 0) is 61.8 Å². The Kier molecular flexibility index (Phi) is 4.71. The Morgan fingerprint density at radius 3 is 2.12 bits per heavy atom. The highest BCUT2D eigenvalue weighted by atomic mass is 32.2. The van der Waals surface area contributed by atoms with Gasteiger partial charge in [0.1, 0.15) is 15.8 Å². The number of hydrogen-bond donors (Lipinski definition) is 0. The van der Waals surface area contributed by atoms with E-state index in [1.165, 1.54) is 0 Å². The van der Waals surface area contributed by atoms with Gasteiger partial charge in [0.2, 0.25) is 0 Å². The first-order chi connectivity index (χ1) is 11.7. The average Bonchev–Trinajstić information content (AvgIpc) is 2.76. The second-order valence-electron chi connectivity index (χ2n) is 7.43. The smallest absolute Gasteiger partial charge is 0.173 e. The van der Waals surface area contributed by atoms with Crippen molar-refractivity contribution in [1.82, 2.24) is 0 Å². The highest BCUT2D eigenvalue weighted by Gasteiger charge is 2.40. The van der Waals surface area contributed by atoms with Gasteiger partial charge in [-0.3, -0.25) is 9.59 Å². The van der Waals surface area contributed by atoms with E-state index in [9.17, 15) is 18.0 Å². The van der Waals surface area contributed by atoms with Crippen molar-refractivity contribution in [1.29, 1.82) is 0 Å². The minimum atomic E-state index is -2.92. The highest BCUT2D eigenvalue weighted by Crippen LogP contribution is 2.37. The Hall–Kier alpha value is -1.75. The van der Waals surface area contributed by atoms with E-state index in [0.717, 1.165) is 22.3 Å². The van der Waals surface area contributed by atoms with Crippen molar-refractivity contribution in [2.45, 2.75) is 46.0 Å². The first kappa shape index (κ1) is 18.1. The van der Waals surface area contributed by atoms with Crippen LogP contribution in [0.15, 0.2) is 23.8 Å². The second kappa shape index (κ2) is 6.52. The van der Waals surface area contributed by atoms with Crippen LogP contribution in [-0.4, -0.2) is 31.5 Å². The quantitative estimate of drug-likeness (QED) is 0.601. The van der Waals surface area contributed by atoms with Crippen LogP contribution in [0.25, 0.3) is 0 Å². The number of carbonyl (C=O) groups is 2. The molecule has 0 spiro atoms. The predicted octanol–water partition coefficient (Wildman–Crippen LogP) is 2.99. The van der Waals surface area contributed by atoms with E-state index in [1.54, 1.807) is 0 Å². The SMILES string of the molecule is Cc1cc(C)c(C2C(=O)C/C(=C\C3CCS(=O)(=O)CC3)C2=O)c(C)c1. The number of aryl methyl sites for hydroxylation is 3. The summed E-state index contributed by atoms with van der Waals surface area (Å²) < 4.78 is 23.1. The molecule has 5 heteroatoms. The molecule has 1 aliphatic heterocycles. The fraction of sp³-hybridized carbons (Fsp3) is 0.500. The topological polar surface area (TPSA) is 68.3 Å². The van der Waals surface area contributed by atoms with Gasteiger partial charge in [0.15, 0.2) is 11.6 Å². The van der Waals surface area contributed by atoms with Crippen LogP contribution in [-0.2, 0) is 19.4 Å². The van der Waals surface area contributed by atoms with Gasteiger partial charge in [-0.25, -0.2) is 8.42 Å². The van der Waals surface area contributed by atoms with Gasteiger partial charge >= 0.3 is 0 Å². The maximum absolute atomic E-state index is 12.9. The zero-order valence-electron chi connectivity index (χ0n) is 15.0. The minimum Gasteiger partial charge on any atom is -0.298 e. The van der Waals surface area contributed by atoms with Gasteiger partial charge in [-0.2, -0.15) is 0 Å². The molecule has 0 radical (unpaired) electrons. The fourth-order valence-corrected chi connectivity index (χ4v) is 5.68. The zero-order valence-corrected chi connectivity index (χ0v) is 15.8. The van der Waals surface area contributed by atoms with Crippen LogP contribution < -0.4 is 0 Å². The van der Waals surface area contributed by atoms with Crippen LogP contribution in [0.4, 0.5) is 0 Å². The molecule has 1 heterocycles. The third-order valence-corrected chi connectivity index (χ3v) is 7.04. The molecule has 1 saturated carbocycles. The number of benzene rings is 1. The Balaban J connectivity index is 1.88. The fourth-order valence-electron chi connectivity index (χ4n) is 4.15. The summed E-state index contributed by atoms with van der Waals surface area (Å²) in [5.41, 5.74) is 4.49. The predicted molar refractivity (Wildman–Crippen MR) is 97.5 cm³/mol. The second-order valence-corrected chi connectivity index (χ2v) is 9.74. The molecule has 25 heavy (non-hydrogen) atoms. The van der Waals surface area contributed by atoms with E-state index in [0.29, 0.717) is 18.4 Å². The molecule has 2 fully saturated rings. The molecule has 1 unspecified atom stereocenters. The third kappa shape index (κ3) is 3.61. The maximum atomic E-state index is 12.9. The van der Waals surface area contributed by atoms with Gasteiger partial charge in [-0.1, -0.05) is 23.8 Å². The molecule has 2 aliphatic rings. The van der Waals surface area contributed by atoms with Crippen LogP contribution in [0.3, 0.4) is 0 Å². The molecular weight excluding hydrogens is 336 g/mol. The Bertz CT molecular complexity index is 840. The van der Waals surface area contributed by atoms with Crippen molar-refractivity contribution in [3.63, 3.8) is 0 Å². The number of carbonyl (C=O) groups excluding carboxylic acids is 2. The molecule has 0 N–H and O–H groups in total. The molecule has 1 saturated heterocycles. The van der Waals surface area contributed by atoms with Crippen LogP contribution in [0, 0.1) is 26.7 Å². The van der Waals surface area contributed by atoms with E-state index < -0.39 is 15.8 Å². The summed E-state index contributed by atoms with van der Waals surface area (Å²) in [6.07, 6.45) is 3.12. The number of allylic oxidation sites excluding steroid dienone is 2. The summed E-state index contributed by atoms with van der Waals surface area (Å²) >= 11 is 0. The standard InChI is InChI=1S/C20H24O4S/c1-12-8-13(2)18(14(3)9-12)19-17(21)11-16(20(19)22)10-15-4-6-25(23,24)7-5-15/h8-10,15,19H,4-7,11H2,1-3H3/b16-10+. The summed E-state index contributed by atoms with van der Waals surface area (Å²) in [7, 11) is -2.92. The van der Waals surface area contributed by atoms with Crippen molar-refractivity contribution >= 4 is 21.4 Å².